The molecule has 0 aliphatic heterocycles. The minimum absolute atomic E-state index is 0.484. The van der Waals surface area contributed by atoms with Gasteiger partial charge in [-0.1, -0.05) is 0 Å². The lowest BCUT2D eigenvalue weighted by Gasteiger charge is -1.93. The third-order valence-electron chi connectivity index (χ3n) is 1.16. The highest BCUT2D eigenvalue weighted by atomic mass is 15.0. The fourth-order valence-corrected chi connectivity index (χ4v) is 0.677. The zero-order valence-electron chi connectivity index (χ0n) is 5.20. The molecule has 0 fully saturated rings. The van der Waals surface area contributed by atoms with Gasteiger partial charge in [0.25, 0.3) is 0 Å². The summed E-state index contributed by atoms with van der Waals surface area (Å²) in [4.78, 5) is 3.81. The summed E-state index contributed by atoms with van der Waals surface area (Å²) >= 11 is 0. The molecule has 0 saturated heterocycles. The van der Waals surface area contributed by atoms with Gasteiger partial charge in [0.2, 0.25) is 5.82 Å². The lowest BCUT2D eigenvalue weighted by molar-refractivity contribution is 0.748. The van der Waals surface area contributed by atoms with E-state index in [1.165, 1.54) is 0 Å². The second-order valence-corrected chi connectivity index (χ2v) is 1.65. The molecule has 3 nitrogen and oxygen atoms in total. The van der Waals surface area contributed by atoms with Crippen molar-refractivity contribution in [1.82, 2.24) is 9.55 Å². The van der Waals surface area contributed by atoms with Crippen molar-refractivity contribution >= 4 is 0 Å². The topological polar surface area (TPSA) is 41.6 Å². The Bertz CT molecular complexity index is 231. The molecule has 0 atom stereocenters. The van der Waals surface area contributed by atoms with Crippen LogP contribution >= 0.6 is 0 Å². The Morgan fingerprint density at radius 1 is 1.89 bits per heavy atom. The van der Waals surface area contributed by atoms with Crippen molar-refractivity contribution in [3.05, 3.63) is 18.2 Å². The highest BCUT2D eigenvalue weighted by Crippen LogP contribution is 1.92. The van der Waals surface area contributed by atoms with Crippen LogP contribution in [-0.4, -0.2) is 9.55 Å². The van der Waals surface area contributed by atoms with Crippen LogP contribution in [0.1, 0.15) is 12.7 Å². The molecule has 0 radical (unpaired) electrons. The molecular formula is C6H7N3. The van der Waals surface area contributed by atoms with Crippen LogP contribution in [0.3, 0.4) is 0 Å². The van der Waals surface area contributed by atoms with E-state index in [-0.39, 0.29) is 0 Å². The van der Waals surface area contributed by atoms with E-state index in [1.807, 2.05) is 13.0 Å². The van der Waals surface area contributed by atoms with E-state index in [9.17, 15) is 0 Å². The maximum Gasteiger partial charge on any atom is 0.212 e. The van der Waals surface area contributed by atoms with Crippen LogP contribution in [0.4, 0.5) is 0 Å². The van der Waals surface area contributed by atoms with Gasteiger partial charge >= 0.3 is 0 Å². The number of aromatic nitrogens is 2. The van der Waals surface area contributed by atoms with Gasteiger partial charge in [-0.05, 0) is 6.92 Å². The number of nitrogens with zero attached hydrogens (tertiary/aromatic N) is 3. The molecule has 0 spiro atoms. The standard InChI is InChI=1S/C6H7N3/c1-2-9-4-3-8-6(9)5-7/h3-4H,2H2,1H3. The fourth-order valence-electron chi connectivity index (χ4n) is 0.677. The Labute approximate surface area is 53.6 Å². The average molecular weight is 121 g/mol. The SMILES string of the molecule is CCn1ccnc1C#N. The molecule has 0 N–H and O–H groups in total. The first-order chi connectivity index (χ1) is 4.38. The van der Waals surface area contributed by atoms with E-state index in [0.29, 0.717) is 5.82 Å². The third kappa shape index (κ3) is 0.918. The van der Waals surface area contributed by atoms with Crippen LogP contribution in [0.5, 0.6) is 0 Å². The molecule has 46 valence electrons. The van der Waals surface area contributed by atoms with Gasteiger partial charge in [0.05, 0.1) is 0 Å². The predicted molar refractivity (Wildman–Crippen MR) is 32.6 cm³/mol. The van der Waals surface area contributed by atoms with E-state index in [2.05, 4.69) is 4.98 Å². The van der Waals surface area contributed by atoms with Gasteiger partial charge in [-0.25, -0.2) is 4.98 Å². The summed E-state index contributed by atoms with van der Waals surface area (Å²) in [6, 6.07) is 1.98. The summed E-state index contributed by atoms with van der Waals surface area (Å²) < 4.78 is 1.79. The van der Waals surface area contributed by atoms with Crippen molar-refractivity contribution < 1.29 is 0 Å². The Hall–Kier alpha value is -1.30. The Morgan fingerprint density at radius 2 is 2.67 bits per heavy atom. The first kappa shape index (κ1) is 5.83. The third-order valence-corrected chi connectivity index (χ3v) is 1.16. The number of rotatable bonds is 1. The molecule has 0 aromatic carbocycles. The van der Waals surface area contributed by atoms with Crippen LogP contribution < -0.4 is 0 Å². The van der Waals surface area contributed by atoms with E-state index < -0.39 is 0 Å². The van der Waals surface area contributed by atoms with Crippen LogP contribution in [0, 0.1) is 11.3 Å². The van der Waals surface area contributed by atoms with Gasteiger partial charge in [0, 0.05) is 18.9 Å². The predicted octanol–water partition coefficient (Wildman–Crippen LogP) is 0.775. The molecule has 0 aliphatic carbocycles. The molecular weight excluding hydrogens is 114 g/mol. The number of imidazole rings is 1. The van der Waals surface area contributed by atoms with E-state index in [1.54, 1.807) is 17.0 Å². The van der Waals surface area contributed by atoms with Gasteiger partial charge in [0.1, 0.15) is 6.07 Å². The molecule has 0 unspecified atom stereocenters. The summed E-state index contributed by atoms with van der Waals surface area (Å²) in [6.07, 6.45) is 3.42. The monoisotopic (exact) mass is 121 g/mol. The van der Waals surface area contributed by atoms with Gasteiger partial charge in [-0.2, -0.15) is 5.26 Å². The summed E-state index contributed by atoms with van der Waals surface area (Å²) in [5.74, 6) is 0.484. The molecule has 9 heavy (non-hydrogen) atoms. The van der Waals surface area contributed by atoms with Crippen LogP contribution in [-0.2, 0) is 6.54 Å². The fraction of sp³-hybridized carbons (Fsp3) is 0.333. The van der Waals surface area contributed by atoms with E-state index >= 15 is 0 Å². The van der Waals surface area contributed by atoms with Gasteiger partial charge in [0.15, 0.2) is 0 Å². The quantitative estimate of drug-likeness (QED) is 0.550. The minimum Gasteiger partial charge on any atom is -0.323 e. The highest BCUT2D eigenvalue weighted by molar-refractivity contribution is 5.10. The van der Waals surface area contributed by atoms with Crippen LogP contribution in [0.25, 0.3) is 0 Å². The molecule has 3 heteroatoms. The van der Waals surface area contributed by atoms with Gasteiger partial charge < -0.3 is 4.57 Å². The first-order valence-corrected chi connectivity index (χ1v) is 2.79. The Morgan fingerprint density at radius 3 is 3.11 bits per heavy atom. The Balaban J connectivity index is 3.02. The highest BCUT2D eigenvalue weighted by Gasteiger charge is 1.94. The minimum atomic E-state index is 0.484. The first-order valence-electron chi connectivity index (χ1n) is 2.79. The summed E-state index contributed by atoms with van der Waals surface area (Å²) in [7, 11) is 0. The van der Waals surface area contributed by atoms with E-state index in [4.69, 9.17) is 5.26 Å². The molecule has 1 heterocycles. The smallest absolute Gasteiger partial charge is 0.212 e. The lowest BCUT2D eigenvalue weighted by atomic mass is 10.6. The van der Waals surface area contributed by atoms with Crippen molar-refractivity contribution in [2.24, 2.45) is 0 Å². The zero-order chi connectivity index (χ0) is 6.69. The van der Waals surface area contributed by atoms with Crippen molar-refractivity contribution in [2.75, 3.05) is 0 Å². The van der Waals surface area contributed by atoms with Crippen molar-refractivity contribution in [2.45, 2.75) is 13.5 Å². The van der Waals surface area contributed by atoms with Crippen LogP contribution in [0.15, 0.2) is 12.4 Å². The lowest BCUT2D eigenvalue weighted by Crippen LogP contribution is -1.95. The molecule has 0 amide bonds. The molecule has 1 aromatic rings. The molecule has 0 aliphatic rings. The van der Waals surface area contributed by atoms with E-state index in [0.717, 1.165) is 6.54 Å². The second-order valence-electron chi connectivity index (χ2n) is 1.65. The maximum absolute atomic E-state index is 8.41. The maximum atomic E-state index is 8.41. The number of hydrogen-bond donors (Lipinski definition) is 0. The number of aryl methyl sites for hydroxylation is 1. The molecule has 0 saturated carbocycles. The van der Waals surface area contributed by atoms with Gasteiger partial charge in [-0.15, -0.1) is 0 Å². The second kappa shape index (κ2) is 2.31. The zero-order valence-corrected chi connectivity index (χ0v) is 5.20. The molecule has 1 aromatic heterocycles. The molecule has 0 bridgehead atoms. The van der Waals surface area contributed by atoms with Gasteiger partial charge in [-0.3, -0.25) is 0 Å². The normalized spacial score (nSPS) is 8.89. The Kier molecular flexibility index (Phi) is 1.50. The molecule has 1 rings (SSSR count). The number of nitriles is 1. The average Bonchev–Trinajstić information content (AvgIpc) is 2.33. The largest absolute Gasteiger partial charge is 0.323 e. The van der Waals surface area contributed by atoms with Crippen molar-refractivity contribution in [1.29, 1.82) is 5.26 Å². The number of hydrogen-bond acceptors (Lipinski definition) is 2. The summed E-state index contributed by atoms with van der Waals surface area (Å²) in [5.41, 5.74) is 0. The van der Waals surface area contributed by atoms with Crippen molar-refractivity contribution in [3.8, 4) is 6.07 Å². The van der Waals surface area contributed by atoms with Crippen LogP contribution in [0.2, 0.25) is 0 Å². The van der Waals surface area contributed by atoms with Crippen molar-refractivity contribution in [3.63, 3.8) is 0 Å². The summed E-state index contributed by atoms with van der Waals surface area (Å²) in [6.45, 7) is 2.78. The summed E-state index contributed by atoms with van der Waals surface area (Å²) in [5, 5.41) is 8.41.